The summed E-state index contributed by atoms with van der Waals surface area (Å²) < 4.78 is 0. The summed E-state index contributed by atoms with van der Waals surface area (Å²) >= 11 is 0. The van der Waals surface area contributed by atoms with Gasteiger partial charge in [-0.2, -0.15) is 0 Å². The molecule has 0 unspecified atom stereocenters. The van der Waals surface area contributed by atoms with Gasteiger partial charge in [-0.15, -0.1) is 0 Å². The molecule has 0 aliphatic carbocycles. The number of nitrogens with one attached hydrogen (secondary N) is 2. The van der Waals surface area contributed by atoms with Gasteiger partial charge < -0.3 is 10.6 Å². The second kappa shape index (κ2) is 8.64. The molecule has 1 amide bonds. The van der Waals surface area contributed by atoms with Crippen molar-refractivity contribution >= 4 is 11.9 Å². The van der Waals surface area contributed by atoms with E-state index in [9.17, 15) is 4.79 Å². The van der Waals surface area contributed by atoms with Crippen molar-refractivity contribution in [1.29, 1.82) is 0 Å². The van der Waals surface area contributed by atoms with E-state index in [4.69, 9.17) is 0 Å². The molecular formula is C11H20N4O. The summed E-state index contributed by atoms with van der Waals surface area (Å²) in [7, 11) is 1.76. The van der Waals surface area contributed by atoms with Crippen LogP contribution in [0.2, 0.25) is 0 Å². The molecule has 0 aliphatic rings. The average Bonchev–Trinajstić information content (AvgIpc) is 2.38. The molecule has 0 fully saturated rings. The largest absolute Gasteiger partial charge is 0.357 e. The highest BCUT2D eigenvalue weighted by molar-refractivity contribution is 5.75. The van der Waals surface area contributed by atoms with E-state index in [-0.39, 0.29) is 5.91 Å². The topological polar surface area (TPSA) is 66.9 Å². The predicted molar refractivity (Wildman–Crippen MR) is 65.1 cm³/mol. The normalized spacial score (nSPS) is 8.75. The van der Waals surface area contributed by atoms with Crippen LogP contribution >= 0.6 is 0 Å². The molecule has 1 aromatic rings. The fraction of sp³-hybridized carbons (Fsp3) is 0.545. The molecule has 0 aromatic carbocycles. The van der Waals surface area contributed by atoms with Crippen LogP contribution in [0.25, 0.3) is 0 Å². The number of carbonyl (C=O) groups excluding carboxylic acids is 1. The maximum atomic E-state index is 10.9. The molecule has 2 N–H and O–H groups in total. The van der Waals surface area contributed by atoms with Crippen LogP contribution in [0.1, 0.15) is 32.8 Å². The average molecular weight is 224 g/mol. The molecule has 0 spiro atoms. The molecule has 5 nitrogen and oxygen atoms in total. The molecule has 90 valence electrons. The molecule has 16 heavy (non-hydrogen) atoms. The SMILES string of the molecule is CC.CCC(=O)NCc1cnc(NC)nc1. The lowest BCUT2D eigenvalue weighted by Gasteiger charge is -2.03. The number of nitrogens with zero attached hydrogens (tertiary/aromatic N) is 2. The van der Waals surface area contributed by atoms with Gasteiger partial charge in [-0.25, -0.2) is 9.97 Å². The van der Waals surface area contributed by atoms with Crippen LogP contribution in [0.3, 0.4) is 0 Å². The summed E-state index contributed by atoms with van der Waals surface area (Å²) in [4.78, 5) is 19.0. The third-order valence-corrected chi connectivity index (χ3v) is 1.74. The van der Waals surface area contributed by atoms with Gasteiger partial charge in [0.25, 0.3) is 0 Å². The monoisotopic (exact) mass is 224 g/mol. The molecule has 0 radical (unpaired) electrons. The van der Waals surface area contributed by atoms with E-state index < -0.39 is 0 Å². The molecule has 1 heterocycles. The standard InChI is InChI=1S/C9H14N4O.C2H6/c1-3-8(14)11-4-7-5-12-9(10-2)13-6-7;1-2/h5-6H,3-4H2,1-2H3,(H,11,14)(H,10,12,13);1-2H3. The fourth-order valence-corrected chi connectivity index (χ4v) is 0.901. The van der Waals surface area contributed by atoms with E-state index in [0.29, 0.717) is 18.9 Å². The molecule has 5 heteroatoms. The van der Waals surface area contributed by atoms with Crippen LogP contribution in [-0.2, 0) is 11.3 Å². The summed E-state index contributed by atoms with van der Waals surface area (Å²) in [6.45, 7) is 6.30. The van der Waals surface area contributed by atoms with Gasteiger partial charge in [-0.05, 0) is 0 Å². The zero-order valence-corrected chi connectivity index (χ0v) is 10.4. The van der Waals surface area contributed by atoms with E-state index in [0.717, 1.165) is 5.56 Å². The van der Waals surface area contributed by atoms with E-state index in [1.165, 1.54) is 0 Å². The number of aromatic nitrogens is 2. The Bertz CT molecular complexity index is 297. The Labute approximate surface area is 96.7 Å². The van der Waals surface area contributed by atoms with Gasteiger partial charge in [0, 0.05) is 38.0 Å². The first-order valence-electron chi connectivity index (χ1n) is 5.51. The lowest BCUT2D eigenvalue weighted by Crippen LogP contribution is -2.21. The quantitative estimate of drug-likeness (QED) is 0.814. The van der Waals surface area contributed by atoms with Crippen LogP contribution in [0.5, 0.6) is 0 Å². The highest BCUT2D eigenvalue weighted by Crippen LogP contribution is 1.98. The van der Waals surface area contributed by atoms with Crippen molar-refractivity contribution in [1.82, 2.24) is 15.3 Å². The van der Waals surface area contributed by atoms with Gasteiger partial charge in [0.15, 0.2) is 0 Å². The molecule has 0 aliphatic heterocycles. The molecule has 1 aromatic heterocycles. The van der Waals surface area contributed by atoms with Crippen LogP contribution in [0, 0.1) is 0 Å². The van der Waals surface area contributed by atoms with E-state index >= 15 is 0 Å². The molecule has 0 saturated heterocycles. The number of rotatable bonds is 4. The number of carbonyl (C=O) groups is 1. The van der Waals surface area contributed by atoms with E-state index in [2.05, 4.69) is 20.6 Å². The Morgan fingerprint density at radius 1 is 1.31 bits per heavy atom. The summed E-state index contributed by atoms with van der Waals surface area (Å²) in [6, 6.07) is 0. The molecular weight excluding hydrogens is 204 g/mol. The summed E-state index contributed by atoms with van der Waals surface area (Å²) in [5, 5.41) is 5.57. The third-order valence-electron chi connectivity index (χ3n) is 1.74. The van der Waals surface area contributed by atoms with Crippen molar-refractivity contribution in [2.45, 2.75) is 33.7 Å². The first kappa shape index (κ1) is 14.3. The molecule has 0 bridgehead atoms. The van der Waals surface area contributed by atoms with E-state index in [1.807, 2.05) is 20.8 Å². The summed E-state index contributed by atoms with van der Waals surface area (Å²) in [6.07, 6.45) is 3.87. The number of hydrogen-bond acceptors (Lipinski definition) is 4. The predicted octanol–water partition coefficient (Wildman–Crippen LogP) is 1.57. The fourth-order valence-electron chi connectivity index (χ4n) is 0.901. The van der Waals surface area contributed by atoms with Gasteiger partial charge >= 0.3 is 0 Å². The lowest BCUT2D eigenvalue weighted by molar-refractivity contribution is -0.120. The Morgan fingerprint density at radius 2 is 1.88 bits per heavy atom. The highest BCUT2D eigenvalue weighted by atomic mass is 16.1. The second-order valence-electron chi connectivity index (χ2n) is 2.80. The minimum absolute atomic E-state index is 0.0303. The maximum absolute atomic E-state index is 10.9. The van der Waals surface area contributed by atoms with Crippen LogP contribution in [-0.4, -0.2) is 22.9 Å². The first-order valence-corrected chi connectivity index (χ1v) is 5.51. The minimum Gasteiger partial charge on any atom is -0.357 e. The molecule has 0 saturated carbocycles. The lowest BCUT2D eigenvalue weighted by atomic mass is 10.3. The minimum atomic E-state index is 0.0303. The van der Waals surface area contributed by atoms with Crippen molar-refractivity contribution < 1.29 is 4.79 Å². The van der Waals surface area contributed by atoms with Crippen molar-refractivity contribution in [3.63, 3.8) is 0 Å². The van der Waals surface area contributed by atoms with Crippen molar-refractivity contribution in [3.8, 4) is 0 Å². The van der Waals surface area contributed by atoms with Crippen molar-refractivity contribution in [2.24, 2.45) is 0 Å². The molecule has 1 rings (SSSR count). The van der Waals surface area contributed by atoms with Gasteiger partial charge in [0.2, 0.25) is 11.9 Å². The Hall–Kier alpha value is -1.65. The highest BCUT2D eigenvalue weighted by Gasteiger charge is 1.98. The van der Waals surface area contributed by atoms with E-state index in [1.54, 1.807) is 19.4 Å². The second-order valence-corrected chi connectivity index (χ2v) is 2.80. The number of anilines is 1. The maximum Gasteiger partial charge on any atom is 0.222 e. The number of hydrogen-bond donors (Lipinski definition) is 2. The first-order chi connectivity index (χ1) is 7.76. The Morgan fingerprint density at radius 3 is 2.31 bits per heavy atom. The van der Waals surface area contributed by atoms with Crippen LogP contribution in [0.15, 0.2) is 12.4 Å². The summed E-state index contributed by atoms with van der Waals surface area (Å²) in [5.74, 6) is 0.610. The van der Waals surface area contributed by atoms with Crippen molar-refractivity contribution in [2.75, 3.05) is 12.4 Å². The summed E-state index contributed by atoms with van der Waals surface area (Å²) in [5.41, 5.74) is 0.894. The Kier molecular flexibility index (Phi) is 7.75. The van der Waals surface area contributed by atoms with Crippen LogP contribution in [0.4, 0.5) is 5.95 Å². The Balaban J connectivity index is 0.00000106. The zero-order chi connectivity index (χ0) is 12.4. The van der Waals surface area contributed by atoms with Gasteiger partial charge in [0.05, 0.1) is 0 Å². The van der Waals surface area contributed by atoms with Gasteiger partial charge in [-0.3, -0.25) is 4.79 Å². The zero-order valence-electron chi connectivity index (χ0n) is 10.4. The van der Waals surface area contributed by atoms with Gasteiger partial charge in [-0.1, -0.05) is 20.8 Å². The smallest absolute Gasteiger partial charge is 0.222 e. The third kappa shape index (κ3) is 5.29. The van der Waals surface area contributed by atoms with Crippen molar-refractivity contribution in [3.05, 3.63) is 18.0 Å². The van der Waals surface area contributed by atoms with Gasteiger partial charge in [0.1, 0.15) is 0 Å². The number of amides is 1. The van der Waals surface area contributed by atoms with Crippen LogP contribution < -0.4 is 10.6 Å². The molecule has 0 atom stereocenters.